The van der Waals surface area contributed by atoms with Gasteiger partial charge in [0.25, 0.3) is 0 Å². The molecule has 0 aromatic rings. The van der Waals surface area contributed by atoms with Gasteiger partial charge in [-0.3, -0.25) is 4.79 Å². The van der Waals surface area contributed by atoms with Crippen LogP contribution in [0.4, 0.5) is 0 Å². The van der Waals surface area contributed by atoms with E-state index < -0.39 is 0 Å². The quantitative estimate of drug-likeness (QED) is 0.656. The molecule has 2 rings (SSSR count). The van der Waals surface area contributed by atoms with Crippen molar-refractivity contribution in [3.63, 3.8) is 0 Å². The molecule has 2 aliphatic rings. The molecule has 1 amide bonds. The Kier molecular flexibility index (Phi) is 3.06. The third-order valence-electron chi connectivity index (χ3n) is 3.64. The van der Waals surface area contributed by atoms with E-state index in [1.54, 1.807) is 6.92 Å². The number of hydrogen-bond acceptors (Lipinski definition) is 2. The van der Waals surface area contributed by atoms with Crippen molar-refractivity contribution < 1.29 is 4.79 Å². The van der Waals surface area contributed by atoms with Gasteiger partial charge in [0.15, 0.2) is 0 Å². The van der Waals surface area contributed by atoms with Gasteiger partial charge in [0.05, 0.1) is 0 Å². The second-order valence-corrected chi connectivity index (χ2v) is 4.72. The number of carbonyl (C=O) groups is 1. The topological polar surface area (TPSA) is 41.1 Å². The molecule has 0 heterocycles. The Balaban J connectivity index is 1.60. The van der Waals surface area contributed by atoms with E-state index in [0.29, 0.717) is 0 Å². The lowest BCUT2D eigenvalue weighted by Crippen LogP contribution is -2.39. The maximum atomic E-state index is 10.6. The average Bonchev–Trinajstić information content (AvgIpc) is 2.73. The first-order chi connectivity index (χ1) is 6.75. The molecule has 0 aliphatic heterocycles. The highest BCUT2D eigenvalue weighted by Crippen LogP contribution is 2.44. The molecule has 2 aliphatic carbocycles. The predicted molar refractivity (Wildman–Crippen MR) is 55.9 cm³/mol. The van der Waals surface area contributed by atoms with E-state index in [2.05, 4.69) is 10.6 Å². The Hall–Kier alpha value is -0.570. The molecule has 3 atom stereocenters. The van der Waals surface area contributed by atoms with Gasteiger partial charge in [-0.25, -0.2) is 0 Å². The molecule has 2 N–H and O–H groups in total. The summed E-state index contributed by atoms with van der Waals surface area (Å²) in [6, 6.07) is 0.738. The smallest absolute Gasteiger partial charge is 0.216 e. The number of amides is 1. The average molecular weight is 196 g/mol. The second-order valence-electron chi connectivity index (χ2n) is 4.72. The van der Waals surface area contributed by atoms with Crippen molar-refractivity contribution in [3.8, 4) is 0 Å². The minimum Gasteiger partial charge on any atom is -0.355 e. The minimum absolute atomic E-state index is 0.0692. The van der Waals surface area contributed by atoms with Gasteiger partial charge in [0.1, 0.15) is 0 Å². The third-order valence-corrected chi connectivity index (χ3v) is 3.64. The molecular formula is C11H20N2O. The van der Waals surface area contributed by atoms with Crippen LogP contribution in [0.5, 0.6) is 0 Å². The van der Waals surface area contributed by atoms with E-state index in [1.165, 1.54) is 25.7 Å². The van der Waals surface area contributed by atoms with Crippen LogP contribution in [0.3, 0.4) is 0 Å². The molecule has 2 fully saturated rings. The van der Waals surface area contributed by atoms with Crippen LogP contribution in [0.15, 0.2) is 0 Å². The predicted octanol–water partition coefficient (Wildman–Crippen LogP) is 0.901. The van der Waals surface area contributed by atoms with Crippen LogP contribution in [-0.4, -0.2) is 25.0 Å². The first kappa shape index (κ1) is 9.97. The van der Waals surface area contributed by atoms with Crippen molar-refractivity contribution in [2.75, 3.05) is 13.1 Å². The van der Waals surface area contributed by atoms with Crippen LogP contribution in [0.2, 0.25) is 0 Å². The maximum Gasteiger partial charge on any atom is 0.216 e. The fraction of sp³-hybridized carbons (Fsp3) is 0.909. The standard InChI is InChI=1S/C11H20N2O/c1-8(14)12-4-5-13-11-7-9-2-3-10(11)6-9/h9-11,13H,2-7H2,1H3,(H,12,14). The molecule has 3 unspecified atom stereocenters. The van der Waals surface area contributed by atoms with Gasteiger partial charge in [0.2, 0.25) is 5.91 Å². The van der Waals surface area contributed by atoms with Crippen molar-refractivity contribution >= 4 is 5.91 Å². The lowest BCUT2D eigenvalue weighted by molar-refractivity contribution is -0.118. The summed E-state index contributed by atoms with van der Waals surface area (Å²) in [6.07, 6.45) is 5.68. The summed E-state index contributed by atoms with van der Waals surface area (Å²) in [5.41, 5.74) is 0. The number of nitrogens with one attached hydrogen (secondary N) is 2. The molecule has 0 spiro atoms. The highest BCUT2D eigenvalue weighted by atomic mass is 16.1. The van der Waals surface area contributed by atoms with Crippen LogP contribution in [0.1, 0.15) is 32.6 Å². The fourth-order valence-electron chi connectivity index (χ4n) is 2.99. The second kappa shape index (κ2) is 4.30. The highest BCUT2D eigenvalue weighted by molar-refractivity contribution is 5.72. The minimum atomic E-state index is 0.0692. The van der Waals surface area contributed by atoms with Crippen molar-refractivity contribution in [3.05, 3.63) is 0 Å². The third kappa shape index (κ3) is 2.27. The normalized spacial score (nSPS) is 34.8. The molecule has 80 valence electrons. The molecule has 0 saturated heterocycles. The van der Waals surface area contributed by atoms with E-state index in [-0.39, 0.29) is 5.91 Å². The van der Waals surface area contributed by atoms with Gasteiger partial charge < -0.3 is 10.6 Å². The van der Waals surface area contributed by atoms with Crippen LogP contribution in [-0.2, 0) is 4.79 Å². The van der Waals surface area contributed by atoms with E-state index in [9.17, 15) is 4.79 Å². The summed E-state index contributed by atoms with van der Waals surface area (Å²) in [5.74, 6) is 2.00. The molecule has 0 aromatic heterocycles. The van der Waals surface area contributed by atoms with E-state index >= 15 is 0 Å². The molecular weight excluding hydrogens is 176 g/mol. The zero-order valence-corrected chi connectivity index (χ0v) is 8.88. The Morgan fingerprint density at radius 3 is 2.71 bits per heavy atom. The van der Waals surface area contributed by atoms with Gasteiger partial charge >= 0.3 is 0 Å². The van der Waals surface area contributed by atoms with Crippen LogP contribution < -0.4 is 10.6 Å². The Morgan fingerprint density at radius 1 is 1.29 bits per heavy atom. The maximum absolute atomic E-state index is 10.6. The Labute approximate surface area is 85.6 Å². The summed E-state index contributed by atoms with van der Waals surface area (Å²) in [4.78, 5) is 10.6. The summed E-state index contributed by atoms with van der Waals surface area (Å²) in [7, 11) is 0. The van der Waals surface area contributed by atoms with E-state index in [0.717, 1.165) is 31.0 Å². The van der Waals surface area contributed by atoms with Crippen LogP contribution in [0.25, 0.3) is 0 Å². The molecule has 2 saturated carbocycles. The lowest BCUT2D eigenvalue weighted by atomic mass is 9.95. The highest BCUT2D eigenvalue weighted by Gasteiger charge is 2.38. The molecule has 3 nitrogen and oxygen atoms in total. The summed E-state index contributed by atoms with van der Waals surface area (Å²) < 4.78 is 0. The van der Waals surface area contributed by atoms with Gasteiger partial charge in [0, 0.05) is 26.1 Å². The van der Waals surface area contributed by atoms with Crippen molar-refractivity contribution in [1.82, 2.24) is 10.6 Å². The monoisotopic (exact) mass is 196 g/mol. The number of hydrogen-bond donors (Lipinski definition) is 2. The molecule has 0 aromatic carbocycles. The fourth-order valence-corrected chi connectivity index (χ4v) is 2.99. The summed E-state index contributed by atoms with van der Waals surface area (Å²) in [6.45, 7) is 3.26. The van der Waals surface area contributed by atoms with Gasteiger partial charge in [-0.05, 0) is 31.1 Å². The number of carbonyl (C=O) groups excluding carboxylic acids is 1. The van der Waals surface area contributed by atoms with Crippen molar-refractivity contribution in [2.24, 2.45) is 11.8 Å². The molecule has 3 heteroatoms. The number of fused-ring (bicyclic) bond motifs is 2. The lowest BCUT2D eigenvalue weighted by Gasteiger charge is -2.22. The van der Waals surface area contributed by atoms with Crippen LogP contribution in [0, 0.1) is 11.8 Å². The SMILES string of the molecule is CC(=O)NCCNC1CC2CCC1C2. The Morgan fingerprint density at radius 2 is 2.14 bits per heavy atom. The first-order valence-electron chi connectivity index (χ1n) is 5.73. The van der Waals surface area contributed by atoms with Crippen molar-refractivity contribution in [2.45, 2.75) is 38.6 Å². The first-order valence-corrected chi connectivity index (χ1v) is 5.73. The van der Waals surface area contributed by atoms with Gasteiger partial charge in [-0.15, -0.1) is 0 Å². The Bertz CT molecular complexity index is 217. The molecule has 0 radical (unpaired) electrons. The van der Waals surface area contributed by atoms with Crippen molar-refractivity contribution in [1.29, 1.82) is 0 Å². The summed E-state index contributed by atoms with van der Waals surface area (Å²) in [5, 5.41) is 6.37. The zero-order chi connectivity index (χ0) is 9.97. The number of rotatable bonds is 4. The van der Waals surface area contributed by atoms with Gasteiger partial charge in [-0.1, -0.05) is 6.42 Å². The van der Waals surface area contributed by atoms with Gasteiger partial charge in [-0.2, -0.15) is 0 Å². The van der Waals surface area contributed by atoms with E-state index in [4.69, 9.17) is 0 Å². The van der Waals surface area contributed by atoms with E-state index in [1.807, 2.05) is 0 Å². The summed E-state index contributed by atoms with van der Waals surface area (Å²) >= 11 is 0. The largest absolute Gasteiger partial charge is 0.355 e. The molecule has 2 bridgehead atoms. The van der Waals surface area contributed by atoms with Crippen LogP contribution >= 0.6 is 0 Å². The molecule has 14 heavy (non-hydrogen) atoms. The zero-order valence-electron chi connectivity index (χ0n) is 8.88.